The molecule has 3 aromatic carbocycles. The molecule has 7 rings (SSSR count). The average molecular weight is 607 g/mol. The maximum atomic E-state index is 14.5. The molecule has 9 heteroatoms. The normalized spacial score (nSPS) is 28.9. The summed E-state index contributed by atoms with van der Waals surface area (Å²) in [6.45, 7) is 2.01. The third-order valence-electron chi connectivity index (χ3n) is 10.4. The first-order valence-corrected chi connectivity index (χ1v) is 15.2. The lowest BCUT2D eigenvalue weighted by Gasteiger charge is -2.49. The van der Waals surface area contributed by atoms with Crippen LogP contribution in [0.4, 0.5) is 5.69 Å². The SMILES string of the molecule is COc1cc([C@H]2C3=CC[C@@H]4C(=O)N(Cc5ccccc5)C(=O)[C@@H]4[C@@H]3C[C@H]3C(=O)N(c4ccccc4)C(=O)[C@@]23C)cc(OC)c1O. The lowest BCUT2D eigenvalue weighted by atomic mass is 9.51. The standard InChI is InChI=1S/C36H34N2O7/c1-36-26(33(41)38(35(36)43)22-12-8-5-9-13-22)18-25-23(30(36)21-16-27(44-2)31(39)28(17-21)45-3)14-15-24-29(25)34(42)37(32(24)40)19-20-10-6-4-7-11-20/h4-14,16-17,24-26,29-30,39H,15,18-19H2,1-3H3/t24-,25+,26-,29-,30-,36+/m0/s1. The molecule has 0 unspecified atom stereocenters. The van der Waals surface area contributed by atoms with Crippen LogP contribution in [0.3, 0.4) is 0 Å². The number of allylic oxidation sites excluding steroid dienone is 2. The van der Waals surface area contributed by atoms with E-state index >= 15 is 0 Å². The maximum absolute atomic E-state index is 14.5. The molecule has 2 saturated heterocycles. The summed E-state index contributed by atoms with van der Waals surface area (Å²) in [7, 11) is 2.87. The van der Waals surface area contributed by atoms with Gasteiger partial charge in [0.2, 0.25) is 29.4 Å². The molecule has 0 bridgehead atoms. The number of imide groups is 2. The molecule has 6 atom stereocenters. The summed E-state index contributed by atoms with van der Waals surface area (Å²) in [6.07, 6.45) is 2.61. The van der Waals surface area contributed by atoms with Gasteiger partial charge < -0.3 is 14.6 Å². The average Bonchev–Trinajstić information content (AvgIpc) is 3.41. The van der Waals surface area contributed by atoms with E-state index in [4.69, 9.17) is 9.47 Å². The predicted octanol–water partition coefficient (Wildman–Crippen LogP) is 4.84. The van der Waals surface area contributed by atoms with Crippen molar-refractivity contribution < 1.29 is 33.8 Å². The number of phenols is 1. The Morgan fingerprint density at radius 3 is 2.09 bits per heavy atom. The van der Waals surface area contributed by atoms with Crippen molar-refractivity contribution >= 4 is 29.3 Å². The van der Waals surface area contributed by atoms with Crippen molar-refractivity contribution in [1.29, 1.82) is 0 Å². The van der Waals surface area contributed by atoms with Crippen molar-refractivity contribution in [2.75, 3.05) is 19.1 Å². The van der Waals surface area contributed by atoms with Crippen molar-refractivity contribution in [3.63, 3.8) is 0 Å². The Labute approximate surface area is 261 Å². The molecule has 1 saturated carbocycles. The number of ether oxygens (including phenoxy) is 2. The lowest BCUT2D eigenvalue weighted by Crippen LogP contribution is -2.48. The number of anilines is 1. The molecule has 3 fully saturated rings. The lowest BCUT2D eigenvalue weighted by molar-refractivity contribution is -0.141. The Morgan fingerprint density at radius 1 is 0.844 bits per heavy atom. The number of carbonyl (C=O) groups excluding carboxylic acids is 4. The number of amides is 4. The number of fused-ring (bicyclic) bond motifs is 4. The van der Waals surface area contributed by atoms with Crippen LogP contribution in [0.5, 0.6) is 17.2 Å². The van der Waals surface area contributed by atoms with Crippen LogP contribution in [0.15, 0.2) is 84.4 Å². The maximum Gasteiger partial charge on any atom is 0.241 e. The summed E-state index contributed by atoms with van der Waals surface area (Å²) in [5.74, 6) is -4.00. The minimum absolute atomic E-state index is 0.166. The first kappa shape index (κ1) is 28.8. The monoisotopic (exact) mass is 606 g/mol. The molecule has 2 heterocycles. The fourth-order valence-electron chi connectivity index (χ4n) is 8.29. The zero-order chi connectivity index (χ0) is 31.6. The van der Waals surface area contributed by atoms with E-state index in [1.807, 2.05) is 49.4 Å². The molecule has 2 aliphatic heterocycles. The summed E-state index contributed by atoms with van der Waals surface area (Å²) < 4.78 is 11.0. The second-order valence-corrected chi connectivity index (χ2v) is 12.5. The van der Waals surface area contributed by atoms with E-state index in [1.54, 1.807) is 36.4 Å². The van der Waals surface area contributed by atoms with E-state index in [1.165, 1.54) is 24.0 Å². The minimum atomic E-state index is -1.22. The third kappa shape index (κ3) is 4.13. The Bertz CT molecular complexity index is 1730. The first-order valence-electron chi connectivity index (χ1n) is 15.2. The number of likely N-dealkylation sites (tertiary alicyclic amines) is 1. The van der Waals surface area contributed by atoms with Gasteiger partial charge >= 0.3 is 0 Å². The van der Waals surface area contributed by atoms with Crippen molar-refractivity contribution in [3.8, 4) is 17.2 Å². The fourth-order valence-corrected chi connectivity index (χ4v) is 8.29. The van der Waals surface area contributed by atoms with Gasteiger partial charge in [-0.15, -0.1) is 0 Å². The highest BCUT2D eigenvalue weighted by molar-refractivity contribution is 6.24. The van der Waals surface area contributed by atoms with E-state index in [9.17, 15) is 24.3 Å². The molecule has 1 N–H and O–H groups in total. The Morgan fingerprint density at radius 2 is 1.47 bits per heavy atom. The van der Waals surface area contributed by atoms with Crippen molar-refractivity contribution in [3.05, 3.63) is 95.6 Å². The number of benzene rings is 3. The fraction of sp³-hybridized carbons (Fsp3) is 0.333. The van der Waals surface area contributed by atoms with Gasteiger partial charge in [-0.05, 0) is 61.1 Å². The molecule has 0 radical (unpaired) electrons. The molecular weight excluding hydrogens is 572 g/mol. The third-order valence-corrected chi connectivity index (χ3v) is 10.4. The van der Waals surface area contributed by atoms with Gasteiger partial charge in [0.1, 0.15) is 0 Å². The quantitative estimate of drug-likeness (QED) is 0.316. The summed E-state index contributed by atoms with van der Waals surface area (Å²) >= 11 is 0. The number of hydrogen-bond donors (Lipinski definition) is 1. The van der Waals surface area contributed by atoms with Crippen LogP contribution in [0.1, 0.15) is 36.8 Å². The molecular formula is C36H34N2O7. The summed E-state index contributed by atoms with van der Waals surface area (Å²) in [6, 6.07) is 21.6. The van der Waals surface area contributed by atoms with Gasteiger partial charge in [-0.25, -0.2) is 4.90 Å². The van der Waals surface area contributed by atoms with E-state index < -0.39 is 35.0 Å². The highest BCUT2D eigenvalue weighted by Gasteiger charge is 2.67. The van der Waals surface area contributed by atoms with Gasteiger partial charge in [0, 0.05) is 5.92 Å². The smallest absolute Gasteiger partial charge is 0.241 e. The van der Waals surface area contributed by atoms with E-state index in [0.717, 1.165) is 11.1 Å². The minimum Gasteiger partial charge on any atom is -0.502 e. The van der Waals surface area contributed by atoms with Crippen LogP contribution in [0, 0.1) is 29.1 Å². The van der Waals surface area contributed by atoms with Crippen LogP contribution in [-0.2, 0) is 25.7 Å². The number of aromatic hydroxyl groups is 1. The number of carbonyl (C=O) groups is 4. The summed E-state index contributed by atoms with van der Waals surface area (Å²) in [4.78, 5) is 59.3. The van der Waals surface area contributed by atoms with Crippen LogP contribution in [0.2, 0.25) is 0 Å². The van der Waals surface area contributed by atoms with E-state index in [-0.39, 0.29) is 53.8 Å². The molecule has 0 spiro atoms. The largest absolute Gasteiger partial charge is 0.502 e. The second kappa shape index (κ2) is 10.6. The topological polar surface area (TPSA) is 113 Å². The highest BCUT2D eigenvalue weighted by Crippen LogP contribution is 2.64. The first-order chi connectivity index (χ1) is 21.7. The Hall–Kier alpha value is -4.92. The van der Waals surface area contributed by atoms with Crippen LogP contribution in [0.25, 0.3) is 0 Å². The number of rotatable bonds is 6. The molecule has 9 nitrogen and oxygen atoms in total. The predicted molar refractivity (Wildman–Crippen MR) is 164 cm³/mol. The van der Waals surface area contributed by atoms with Crippen LogP contribution < -0.4 is 14.4 Å². The molecule has 45 heavy (non-hydrogen) atoms. The van der Waals surface area contributed by atoms with Crippen LogP contribution >= 0.6 is 0 Å². The number of hydrogen-bond acceptors (Lipinski definition) is 7. The number of phenolic OH excluding ortho intramolecular Hbond substituents is 1. The molecule has 4 amide bonds. The van der Waals surface area contributed by atoms with Crippen LogP contribution in [-0.4, -0.2) is 47.9 Å². The van der Waals surface area contributed by atoms with Gasteiger partial charge in [0.15, 0.2) is 11.5 Å². The van der Waals surface area contributed by atoms with Gasteiger partial charge in [0.25, 0.3) is 0 Å². The zero-order valence-electron chi connectivity index (χ0n) is 25.3. The van der Waals surface area contributed by atoms with E-state index in [0.29, 0.717) is 17.7 Å². The summed E-state index contributed by atoms with van der Waals surface area (Å²) in [5, 5.41) is 10.7. The van der Waals surface area contributed by atoms with E-state index in [2.05, 4.69) is 0 Å². The van der Waals surface area contributed by atoms with Crippen molar-refractivity contribution in [2.45, 2.75) is 32.2 Å². The Balaban J connectivity index is 1.37. The molecule has 0 aromatic heterocycles. The highest BCUT2D eigenvalue weighted by atomic mass is 16.5. The Kier molecular flexibility index (Phi) is 6.80. The molecule has 2 aliphatic carbocycles. The van der Waals surface area contributed by atoms with Gasteiger partial charge in [-0.1, -0.05) is 60.2 Å². The van der Waals surface area contributed by atoms with Gasteiger partial charge in [0.05, 0.1) is 49.6 Å². The van der Waals surface area contributed by atoms with Gasteiger partial charge in [-0.3, -0.25) is 24.1 Å². The number of nitrogens with zero attached hydrogens (tertiary/aromatic N) is 2. The van der Waals surface area contributed by atoms with Crippen molar-refractivity contribution in [1.82, 2.24) is 4.90 Å². The number of methoxy groups -OCH3 is 2. The number of para-hydroxylation sites is 1. The second-order valence-electron chi connectivity index (χ2n) is 12.5. The molecule has 4 aliphatic rings. The molecule has 3 aromatic rings. The molecule has 230 valence electrons. The van der Waals surface area contributed by atoms with Gasteiger partial charge in [-0.2, -0.15) is 0 Å². The zero-order valence-corrected chi connectivity index (χ0v) is 25.3. The van der Waals surface area contributed by atoms with Crippen molar-refractivity contribution in [2.24, 2.45) is 29.1 Å². The summed E-state index contributed by atoms with van der Waals surface area (Å²) in [5.41, 5.74) is 1.60.